The van der Waals surface area contributed by atoms with E-state index in [2.05, 4.69) is 37.4 Å². The third kappa shape index (κ3) is 8.56. The molecule has 3 rings (SSSR count). The molecule has 3 aromatic carbocycles. The minimum absolute atomic E-state index is 0.00830. The number of aryl methyl sites for hydroxylation is 3. The van der Waals surface area contributed by atoms with Crippen molar-refractivity contribution < 1.29 is 9.59 Å². The number of hydrogen-bond donors (Lipinski definition) is 1. The van der Waals surface area contributed by atoms with Gasteiger partial charge in [-0.3, -0.25) is 9.59 Å². The zero-order valence-corrected chi connectivity index (χ0v) is 22.9. The van der Waals surface area contributed by atoms with Gasteiger partial charge in [0.25, 0.3) is 0 Å². The standard InChI is InChI=1S/C31H38N2O2S/c1-22(2)32-31(35)29(18-26-9-7-6-8-10-26)33(19-27-13-11-23(3)12-14-27)30(34)21-36-20-28-16-24(4)15-25(5)17-28/h6-17,22,29H,18-21H2,1-5H3,(H,32,35)/t29-/m0/s1. The molecular weight excluding hydrogens is 464 g/mol. The summed E-state index contributed by atoms with van der Waals surface area (Å²) >= 11 is 1.60. The molecule has 0 saturated heterocycles. The van der Waals surface area contributed by atoms with E-state index in [1.807, 2.05) is 75.4 Å². The number of benzene rings is 3. The first kappa shape index (κ1) is 27.5. The van der Waals surface area contributed by atoms with Gasteiger partial charge >= 0.3 is 0 Å². The topological polar surface area (TPSA) is 49.4 Å². The first-order valence-corrected chi connectivity index (χ1v) is 13.7. The fourth-order valence-electron chi connectivity index (χ4n) is 4.32. The highest BCUT2D eigenvalue weighted by molar-refractivity contribution is 7.99. The molecule has 0 aromatic heterocycles. The van der Waals surface area contributed by atoms with Crippen molar-refractivity contribution in [3.05, 3.63) is 106 Å². The molecule has 5 heteroatoms. The van der Waals surface area contributed by atoms with Crippen molar-refractivity contribution in [2.75, 3.05) is 5.75 Å². The van der Waals surface area contributed by atoms with Gasteiger partial charge in [0.05, 0.1) is 5.75 Å². The number of nitrogens with zero attached hydrogens (tertiary/aromatic N) is 1. The molecule has 36 heavy (non-hydrogen) atoms. The maximum absolute atomic E-state index is 13.7. The first-order valence-electron chi connectivity index (χ1n) is 12.6. The largest absolute Gasteiger partial charge is 0.352 e. The van der Waals surface area contributed by atoms with Crippen molar-refractivity contribution in [1.29, 1.82) is 0 Å². The van der Waals surface area contributed by atoms with Crippen LogP contribution in [-0.4, -0.2) is 34.6 Å². The monoisotopic (exact) mass is 502 g/mol. The molecule has 0 saturated carbocycles. The molecular formula is C31H38N2O2S. The van der Waals surface area contributed by atoms with Crippen LogP contribution in [0, 0.1) is 20.8 Å². The lowest BCUT2D eigenvalue weighted by molar-refractivity contribution is -0.139. The van der Waals surface area contributed by atoms with Crippen molar-refractivity contribution in [2.24, 2.45) is 0 Å². The third-order valence-corrected chi connectivity index (χ3v) is 6.94. The van der Waals surface area contributed by atoms with E-state index in [9.17, 15) is 9.59 Å². The van der Waals surface area contributed by atoms with Crippen LogP contribution in [0.3, 0.4) is 0 Å². The Morgan fingerprint density at radius 3 is 2.06 bits per heavy atom. The Morgan fingerprint density at radius 2 is 1.44 bits per heavy atom. The second kappa shape index (κ2) is 13.3. The molecule has 0 aliphatic carbocycles. The predicted molar refractivity (Wildman–Crippen MR) is 151 cm³/mol. The molecule has 0 aliphatic heterocycles. The van der Waals surface area contributed by atoms with E-state index in [1.165, 1.54) is 22.3 Å². The molecule has 3 aromatic rings. The van der Waals surface area contributed by atoms with E-state index in [0.29, 0.717) is 18.7 Å². The number of carbonyl (C=O) groups excluding carboxylic acids is 2. The quantitative estimate of drug-likeness (QED) is 0.349. The van der Waals surface area contributed by atoms with Gasteiger partial charge in [0.2, 0.25) is 11.8 Å². The van der Waals surface area contributed by atoms with Crippen molar-refractivity contribution in [3.63, 3.8) is 0 Å². The predicted octanol–water partition coefficient (Wildman–Crippen LogP) is 6.01. The van der Waals surface area contributed by atoms with Crippen LogP contribution in [0.4, 0.5) is 0 Å². The highest BCUT2D eigenvalue weighted by Crippen LogP contribution is 2.20. The van der Waals surface area contributed by atoms with E-state index in [-0.39, 0.29) is 17.9 Å². The minimum Gasteiger partial charge on any atom is -0.352 e. The van der Waals surface area contributed by atoms with E-state index < -0.39 is 6.04 Å². The van der Waals surface area contributed by atoms with E-state index in [4.69, 9.17) is 0 Å². The van der Waals surface area contributed by atoms with E-state index in [0.717, 1.165) is 16.9 Å². The number of rotatable bonds is 11. The summed E-state index contributed by atoms with van der Waals surface area (Å²) in [5.74, 6) is 0.936. The molecule has 0 unspecified atom stereocenters. The molecule has 0 bridgehead atoms. The van der Waals surface area contributed by atoms with Crippen LogP contribution in [0.15, 0.2) is 72.8 Å². The minimum atomic E-state index is -0.592. The van der Waals surface area contributed by atoms with Crippen LogP contribution in [0.1, 0.15) is 47.2 Å². The molecule has 0 radical (unpaired) electrons. The Labute approximate surface area is 220 Å². The SMILES string of the molecule is Cc1ccc(CN(C(=O)CSCc2cc(C)cc(C)c2)[C@@H](Cc2ccccc2)C(=O)NC(C)C)cc1. The van der Waals surface area contributed by atoms with Gasteiger partial charge in [-0.25, -0.2) is 0 Å². The molecule has 0 aliphatic rings. The lowest BCUT2D eigenvalue weighted by Gasteiger charge is -2.32. The summed E-state index contributed by atoms with van der Waals surface area (Å²) < 4.78 is 0. The van der Waals surface area contributed by atoms with E-state index in [1.54, 1.807) is 16.7 Å². The molecule has 1 atom stereocenters. The Morgan fingerprint density at radius 1 is 0.806 bits per heavy atom. The van der Waals surface area contributed by atoms with Crippen LogP contribution in [0.25, 0.3) is 0 Å². The summed E-state index contributed by atoms with van der Waals surface area (Å²) in [6.45, 7) is 10.5. The van der Waals surface area contributed by atoms with Crippen LogP contribution in [-0.2, 0) is 28.3 Å². The van der Waals surface area contributed by atoms with Crippen LogP contribution >= 0.6 is 11.8 Å². The smallest absolute Gasteiger partial charge is 0.243 e. The average Bonchev–Trinajstić information content (AvgIpc) is 2.82. The van der Waals surface area contributed by atoms with Gasteiger partial charge in [-0.05, 0) is 51.3 Å². The molecule has 0 spiro atoms. The first-order chi connectivity index (χ1) is 17.2. The maximum Gasteiger partial charge on any atom is 0.243 e. The van der Waals surface area contributed by atoms with Crippen molar-refractivity contribution in [2.45, 2.75) is 65.4 Å². The van der Waals surface area contributed by atoms with Gasteiger partial charge in [-0.1, -0.05) is 89.5 Å². The maximum atomic E-state index is 13.7. The van der Waals surface area contributed by atoms with Gasteiger partial charge in [0.15, 0.2) is 0 Å². The van der Waals surface area contributed by atoms with Crippen molar-refractivity contribution in [1.82, 2.24) is 10.2 Å². The van der Waals surface area contributed by atoms with Gasteiger partial charge < -0.3 is 10.2 Å². The normalized spacial score (nSPS) is 11.8. The molecule has 1 N–H and O–H groups in total. The fourth-order valence-corrected chi connectivity index (χ4v) is 5.16. The number of amides is 2. The van der Waals surface area contributed by atoms with Crippen molar-refractivity contribution in [3.8, 4) is 0 Å². The lowest BCUT2D eigenvalue weighted by Crippen LogP contribution is -2.52. The van der Waals surface area contributed by atoms with Gasteiger partial charge in [0.1, 0.15) is 6.04 Å². The Hall–Kier alpha value is -3.05. The van der Waals surface area contributed by atoms with E-state index >= 15 is 0 Å². The number of hydrogen-bond acceptors (Lipinski definition) is 3. The highest BCUT2D eigenvalue weighted by Gasteiger charge is 2.30. The number of nitrogens with one attached hydrogen (secondary N) is 1. The summed E-state index contributed by atoms with van der Waals surface area (Å²) in [5, 5.41) is 3.05. The van der Waals surface area contributed by atoms with Crippen molar-refractivity contribution >= 4 is 23.6 Å². The van der Waals surface area contributed by atoms with Crippen LogP contribution < -0.4 is 5.32 Å². The zero-order chi connectivity index (χ0) is 26.1. The fraction of sp³-hybridized carbons (Fsp3) is 0.355. The lowest BCUT2D eigenvalue weighted by atomic mass is 10.0. The molecule has 2 amide bonds. The third-order valence-electron chi connectivity index (χ3n) is 5.95. The second-order valence-corrected chi connectivity index (χ2v) is 10.9. The molecule has 190 valence electrons. The summed E-state index contributed by atoms with van der Waals surface area (Å²) in [6.07, 6.45) is 0.471. The zero-order valence-electron chi connectivity index (χ0n) is 22.1. The Balaban J connectivity index is 1.84. The summed E-state index contributed by atoms with van der Waals surface area (Å²) in [4.78, 5) is 28.9. The highest BCUT2D eigenvalue weighted by atomic mass is 32.2. The van der Waals surface area contributed by atoms with Gasteiger partial charge in [0, 0.05) is 24.8 Å². The molecule has 4 nitrogen and oxygen atoms in total. The van der Waals surface area contributed by atoms with Crippen LogP contribution in [0.5, 0.6) is 0 Å². The van der Waals surface area contributed by atoms with Gasteiger partial charge in [-0.2, -0.15) is 0 Å². The summed E-state index contributed by atoms with van der Waals surface area (Å²) in [5.41, 5.74) is 6.89. The Bertz CT molecular complexity index is 1120. The Kier molecular flexibility index (Phi) is 10.2. The molecule has 0 heterocycles. The summed E-state index contributed by atoms with van der Waals surface area (Å²) in [7, 11) is 0. The summed E-state index contributed by atoms with van der Waals surface area (Å²) in [6, 6.07) is 24.0. The second-order valence-electron chi connectivity index (χ2n) is 9.86. The number of carbonyl (C=O) groups is 2. The van der Waals surface area contributed by atoms with Crippen LogP contribution in [0.2, 0.25) is 0 Å². The average molecular weight is 503 g/mol. The number of thioether (sulfide) groups is 1. The van der Waals surface area contributed by atoms with Gasteiger partial charge in [-0.15, -0.1) is 11.8 Å². The molecule has 0 fully saturated rings.